The summed E-state index contributed by atoms with van der Waals surface area (Å²) in [5.74, 6) is -0.456. The lowest BCUT2D eigenvalue weighted by atomic mass is 9.90. The van der Waals surface area contributed by atoms with Crippen LogP contribution in [0.2, 0.25) is 0 Å². The van der Waals surface area contributed by atoms with Crippen molar-refractivity contribution in [3.63, 3.8) is 0 Å². The summed E-state index contributed by atoms with van der Waals surface area (Å²) in [5, 5.41) is 0.565. The van der Waals surface area contributed by atoms with Crippen LogP contribution in [0, 0.1) is 12.3 Å². The molecule has 0 bridgehead atoms. The van der Waals surface area contributed by atoms with Crippen molar-refractivity contribution in [3.05, 3.63) is 87.8 Å². The Kier molecular flexibility index (Phi) is 11.8. The minimum atomic E-state index is -1.18. The predicted octanol–water partition coefficient (Wildman–Crippen LogP) is 5.91. The second-order valence-electron chi connectivity index (χ2n) is 12.0. The molecule has 1 aliphatic rings. The van der Waals surface area contributed by atoms with Gasteiger partial charge in [0.05, 0.1) is 35.3 Å². The number of amides is 2. The molecule has 10 nitrogen and oxygen atoms in total. The van der Waals surface area contributed by atoms with E-state index in [1.165, 1.54) is 0 Å². The second kappa shape index (κ2) is 14.8. The summed E-state index contributed by atoms with van der Waals surface area (Å²) in [6.07, 6.45) is 5.16. The maximum absolute atomic E-state index is 13.4. The monoisotopic (exact) mass is 671 g/mol. The molecule has 1 atom stereocenters. The van der Waals surface area contributed by atoms with Gasteiger partial charge in [-0.05, 0) is 70.0 Å². The SMILES string of the molecule is CCN1C(=O)C(C)(C)C(=O)N(C)c2cc(CN(CCn3cc(C)c4occc4c3=O)C(C)c3cccnc3COC)ccc21.Cl.Cl. The van der Waals surface area contributed by atoms with Crippen LogP contribution in [0.3, 0.4) is 0 Å². The van der Waals surface area contributed by atoms with Gasteiger partial charge in [-0.15, -0.1) is 24.8 Å². The van der Waals surface area contributed by atoms with E-state index in [1.54, 1.807) is 60.9 Å². The molecular formula is C34H43Cl2N5O5. The van der Waals surface area contributed by atoms with Crippen LogP contribution in [0.15, 0.2) is 64.3 Å². The van der Waals surface area contributed by atoms with Gasteiger partial charge in [0.1, 0.15) is 11.0 Å². The Hall–Kier alpha value is -3.70. The summed E-state index contributed by atoms with van der Waals surface area (Å²) >= 11 is 0. The summed E-state index contributed by atoms with van der Waals surface area (Å²) in [6, 6.07) is 11.6. The van der Waals surface area contributed by atoms with Gasteiger partial charge in [0.25, 0.3) is 5.56 Å². The molecule has 0 N–H and O–H groups in total. The van der Waals surface area contributed by atoms with Crippen LogP contribution in [0.1, 0.15) is 56.1 Å². The van der Waals surface area contributed by atoms with Crippen LogP contribution in [0.25, 0.3) is 11.0 Å². The third kappa shape index (κ3) is 6.71. The van der Waals surface area contributed by atoms with Crippen molar-refractivity contribution in [2.24, 2.45) is 5.41 Å². The number of carbonyl (C=O) groups is 2. The number of hydrogen-bond acceptors (Lipinski definition) is 7. The summed E-state index contributed by atoms with van der Waals surface area (Å²) in [4.78, 5) is 50.2. The number of methoxy groups -OCH3 is 1. The van der Waals surface area contributed by atoms with Gasteiger partial charge >= 0.3 is 0 Å². The zero-order chi connectivity index (χ0) is 31.8. The first-order chi connectivity index (χ1) is 21.0. The molecule has 248 valence electrons. The van der Waals surface area contributed by atoms with Gasteiger partial charge in [0, 0.05) is 64.3 Å². The van der Waals surface area contributed by atoms with Gasteiger partial charge in [-0.1, -0.05) is 12.1 Å². The number of carbonyl (C=O) groups excluding carboxylic acids is 2. The van der Waals surface area contributed by atoms with Gasteiger partial charge in [-0.3, -0.25) is 24.3 Å². The van der Waals surface area contributed by atoms with Gasteiger partial charge in [0.15, 0.2) is 0 Å². The highest BCUT2D eigenvalue weighted by Crippen LogP contribution is 2.39. The van der Waals surface area contributed by atoms with E-state index in [2.05, 4.69) is 22.9 Å². The van der Waals surface area contributed by atoms with E-state index in [0.29, 0.717) is 55.1 Å². The lowest BCUT2D eigenvalue weighted by Crippen LogP contribution is -2.47. The number of pyridine rings is 2. The van der Waals surface area contributed by atoms with Crippen LogP contribution < -0.4 is 15.4 Å². The van der Waals surface area contributed by atoms with Crippen molar-refractivity contribution in [1.82, 2.24) is 14.5 Å². The minimum absolute atomic E-state index is 0. The van der Waals surface area contributed by atoms with Gasteiger partial charge in [-0.2, -0.15) is 0 Å². The molecule has 4 heterocycles. The number of aromatic nitrogens is 2. The smallest absolute Gasteiger partial charge is 0.261 e. The van der Waals surface area contributed by atoms with E-state index in [0.717, 1.165) is 22.4 Å². The Morgan fingerprint density at radius 3 is 2.50 bits per heavy atom. The molecule has 0 aliphatic carbocycles. The standard InChI is InChI=1S/C34H41N5O5.2ClH/c1-8-39-28-12-11-24(18-29(28)36(6)32(41)34(4,5)33(39)42)20-37(23(3)25-10-9-14-35-27(25)21-43-7)15-16-38-19-22(2)30-26(31(38)40)13-17-44-30;;/h9-14,17-19,23H,8,15-16,20-21H2,1-7H3;2*1H. The van der Waals surface area contributed by atoms with Crippen molar-refractivity contribution in [1.29, 1.82) is 0 Å². The molecule has 3 aromatic heterocycles. The maximum Gasteiger partial charge on any atom is 0.261 e. The first-order valence-corrected chi connectivity index (χ1v) is 15.0. The molecule has 5 rings (SSSR count). The zero-order valence-corrected chi connectivity index (χ0v) is 29.0. The fourth-order valence-electron chi connectivity index (χ4n) is 6.17. The molecule has 0 saturated carbocycles. The van der Waals surface area contributed by atoms with Crippen molar-refractivity contribution in [2.45, 2.75) is 60.4 Å². The quantitative estimate of drug-likeness (QED) is 0.193. The Bertz CT molecular complexity index is 1770. The number of benzene rings is 1. The first-order valence-electron chi connectivity index (χ1n) is 15.0. The number of furan rings is 1. The van der Waals surface area contributed by atoms with Crippen LogP contribution in [-0.4, -0.2) is 53.5 Å². The number of halogens is 2. The average Bonchev–Trinajstić information content (AvgIpc) is 3.51. The number of nitrogens with zero attached hydrogens (tertiary/aromatic N) is 5. The molecule has 1 unspecified atom stereocenters. The Morgan fingerprint density at radius 2 is 1.80 bits per heavy atom. The van der Waals surface area contributed by atoms with Crippen LogP contribution >= 0.6 is 24.8 Å². The maximum atomic E-state index is 13.4. The van der Waals surface area contributed by atoms with Crippen molar-refractivity contribution in [3.8, 4) is 0 Å². The molecule has 0 radical (unpaired) electrons. The van der Waals surface area contributed by atoms with E-state index in [1.807, 2.05) is 44.3 Å². The minimum Gasteiger partial charge on any atom is -0.464 e. The fraction of sp³-hybridized carbons (Fsp3) is 0.412. The molecule has 0 spiro atoms. The number of rotatable bonds is 10. The largest absolute Gasteiger partial charge is 0.464 e. The van der Waals surface area contributed by atoms with Crippen LogP contribution in [0.5, 0.6) is 0 Å². The van der Waals surface area contributed by atoms with Gasteiger partial charge < -0.3 is 23.5 Å². The highest BCUT2D eigenvalue weighted by Gasteiger charge is 2.45. The van der Waals surface area contributed by atoms with Crippen LogP contribution in [-0.2, 0) is 34.0 Å². The Morgan fingerprint density at radius 1 is 1.07 bits per heavy atom. The number of aryl methyl sites for hydroxylation is 1. The molecular weight excluding hydrogens is 629 g/mol. The molecule has 1 aromatic carbocycles. The van der Waals surface area contributed by atoms with E-state index in [9.17, 15) is 14.4 Å². The normalized spacial score (nSPS) is 15.0. The second-order valence-corrected chi connectivity index (χ2v) is 12.0. The van der Waals surface area contributed by atoms with Gasteiger partial charge in [0.2, 0.25) is 11.8 Å². The fourth-order valence-corrected chi connectivity index (χ4v) is 6.17. The molecule has 0 fully saturated rings. The highest BCUT2D eigenvalue weighted by molar-refractivity contribution is 6.19. The topological polar surface area (TPSA) is 101 Å². The van der Waals surface area contributed by atoms with E-state index < -0.39 is 5.41 Å². The zero-order valence-electron chi connectivity index (χ0n) is 27.4. The average molecular weight is 673 g/mol. The Balaban J connectivity index is 0.00000288. The summed E-state index contributed by atoms with van der Waals surface area (Å²) < 4.78 is 12.7. The molecule has 4 aromatic rings. The number of hydrogen-bond donors (Lipinski definition) is 0. The van der Waals surface area contributed by atoms with Crippen LogP contribution in [0.4, 0.5) is 11.4 Å². The molecule has 1 aliphatic heterocycles. The summed E-state index contributed by atoms with van der Waals surface area (Å²) in [6.45, 7) is 11.7. The number of fused-ring (bicyclic) bond motifs is 2. The van der Waals surface area contributed by atoms with Crippen molar-refractivity contribution in [2.75, 3.05) is 37.0 Å². The van der Waals surface area contributed by atoms with E-state index in [4.69, 9.17) is 9.15 Å². The van der Waals surface area contributed by atoms with E-state index in [-0.39, 0.29) is 48.2 Å². The Labute approximate surface area is 282 Å². The lowest BCUT2D eigenvalue weighted by molar-refractivity contribution is -0.137. The first kappa shape index (κ1) is 36.8. The molecule has 0 saturated heterocycles. The highest BCUT2D eigenvalue weighted by atomic mass is 35.5. The van der Waals surface area contributed by atoms with Crippen molar-refractivity contribution >= 4 is 59.0 Å². The third-order valence-electron chi connectivity index (χ3n) is 8.71. The predicted molar refractivity (Wildman–Crippen MR) is 185 cm³/mol. The molecule has 2 amide bonds. The van der Waals surface area contributed by atoms with Crippen molar-refractivity contribution < 1.29 is 18.7 Å². The summed E-state index contributed by atoms with van der Waals surface area (Å²) in [7, 11) is 3.38. The van der Waals surface area contributed by atoms with E-state index >= 15 is 0 Å². The number of anilines is 2. The third-order valence-corrected chi connectivity index (χ3v) is 8.71. The lowest BCUT2D eigenvalue weighted by Gasteiger charge is -2.31. The molecule has 12 heteroatoms. The number of ether oxygens (including phenoxy) is 1. The summed E-state index contributed by atoms with van der Waals surface area (Å²) in [5.41, 5.74) is 4.52. The van der Waals surface area contributed by atoms with Gasteiger partial charge in [-0.25, -0.2) is 0 Å². The molecule has 46 heavy (non-hydrogen) atoms.